The van der Waals surface area contributed by atoms with E-state index in [1.807, 2.05) is 6.07 Å². The van der Waals surface area contributed by atoms with Gasteiger partial charge in [-0.2, -0.15) is 0 Å². The average molecular weight is 400 g/mol. The van der Waals surface area contributed by atoms with Crippen molar-refractivity contribution >= 4 is 23.0 Å². The van der Waals surface area contributed by atoms with Crippen LogP contribution < -0.4 is 14.8 Å². The van der Waals surface area contributed by atoms with Gasteiger partial charge < -0.3 is 14.8 Å². The summed E-state index contributed by atoms with van der Waals surface area (Å²) in [7, 11) is 0. The molecule has 1 N–H and O–H groups in total. The van der Waals surface area contributed by atoms with Gasteiger partial charge in [-0.05, 0) is 48.4 Å². The van der Waals surface area contributed by atoms with Crippen LogP contribution in [-0.2, 0) is 4.79 Å². The summed E-state index contributed by atoms with van der Waals surface area (Å²) in [6.07, 6.45) is 5.14. The number of thiophene rings is 1. The fourth-order valence-electron chi connectivity index (χ4n) is 4.01. The first kappa shape index (κ1) is 19.0. The number of ketones is 1. The Bertz CT molecular complexity index is 827. The highest BCUT2D eigenvalue weighted by atomic mass is 32.1. The van der Waals surface area contributed by atoms with E-state index in [0.717, 1.165) is 12.8 Å². The Labute approximate surface area is 169 Å². The van der Waals surface area contributed by atoms with Crippen molar-refractivity contribution in [2.45, 2.75) is 44.6 Å². The minimum Gasteiger partial charge on any atom is -0.486 e. The molecule has 1 aromatic heterocycles. The van der Waals surface area contributed by atoms with E-state index in [1.54, 1.807) is 29.5 Å². The molecule has 148 valence electrons. The van der Waals surface area contributed by atoms with Crippen LogP contribution in [0.3, 0.4) is 0 Å². The van der Waals surface area contributed by atoms with Gasteiger partial charge in [0.2, 0.25) is 5.91 Å². The molecule has 1 aromatic carbocycles. The van der Waals surface area contributed by atoms with Crippen molar-refractivity contribution in [3.05, 3.63) is 46.2 Å². The van der Waals surface area contributed by atoms with Gasteiger partial charge in [0.15, 0.2) is 17.3 Å². The fraction of sp³-hybridized carbons (Fsp3) is 0.455. The van der Waals surface area contributed by atoms with Gasteiger partial charge in [0, 0.05) is 23.3 Å². The predicted molar refractivity (Wildman–Crippen MR) is 108 cm³/mol. The molecular formula is C22H25NO4S. The molecule has 0 radical (unpaired) electrons. The van der Waals surface area contributed by atoms with Crippen LogP contribution in [0.4, 0.5) is 0 Å². The molecule has 1 fully saturated rings. The Balaban J connectivity index is 1.35. The number of Topliss-reactive ketones (excluding diaryl/α,β-unsaturated/α-hetero) is 1. The summed E-state index contributed by atoms with van der Waals surface area (Å²) < 4.78 is 11.0. The van der Waals surface area contributed by atoms with Crippen molar-refractivity contribution in [1.82, 2.24) is 5.32 Å². The molecule has 6 heteroatoms. The number of benzene rings is 1. The van der Waals surface area contributed by atoms with Gasteiger partial charge in [-0.15, -0.1) is 11.3 Å². The van der Waals surface area contributed by atoms with Crippen molar-refractivity contribution in [1.29, 1.82) is 0 Å². The van der Waals surface area contributed by atoms with Gasteiger partial charge in [0.1, 0.15) is 13.2 Å². The van der Waals surface area contributed by atoms with E-state index in [4.69, 9.17) is 9.47 Å². The van der Waals surface area contributed by atoms with Crippen molar-refractivity contribution < 1.29 is 19.1 Å². The minimum atomic E-state index is -0.0591. The number of fused-ring (bicyclic) bond motifs is 1. The summed E-state index contributed by atoms with van der Waals surface area (Å²) in [5.41, 5.74) is 0.558. The number of carbonyl (C=O) groups is 2. The number of hydrogen-bond donors (Lipinski definition) is 1. The summed E-state index contributed by atoms with van der Waals surface area (Å²) in [6, 6.07) is 9.39. The topological polar surface area (TPSA) is 64.6 Å². The van der Waals surface area contributed by atoms with Crippen molar-refractivity contribution in [2.24, 2.45) is 5.92 Å². The van der Waals surface area contributed by atoms with Crippen LogP contribution in [0.5, 0.6) is 11.5 Å². The first-order chi connectivity index (χ1) is 13.7. The highest BCUT2D eigenvalue weighted by Crippen LogP contribution is 2.37. The van der Waals surface area contributed by atoms with Crippen LogP contribution in [0.2, 0.25) is 0 Å². The van der Waals surface area contributed by atoms with Crippen LogP contribution in [0.25, 0.3) is 0 Å². The summed E-state index contributed by atoms with van der Waals surface area (Å²) in [4.78, 5) is 26.3. The van der Waals surface area contributed by atoms with Crippen LogP contribution >= 0.6 is 11.3 Å². The van der Waals surface area contributed by atoms with Crippen LogP contribution in [0, 0.1) is 5.92 Å². The van der Waals surface area contributed by atoms with Crippen LogP contribution in [0.15, 0.2) is 35.7 Å². The number of ether oxygens (including phenoxy) is 2. The lowest BCUT2D eigenvalue weighted by Crippen LogP contribution is -2.32. The zero-order valence-corrected chi connectivity index (χ0v) is 16.6. The highest BCUT2D eigenvalue weighted by molar-refractivity contribution is 7.10. The summed E-state index contributed by atoms with van der Waals surface area (Å²) >= 11 is 1.69. The number of amides is 1. The molecular weight excluding hydrogens is 374 g/mol. The molecule has 1 amide bonds. The van der Waals surface area contributed by atoms with E-state index in [1.165, 1.54) is 17.7 Å². The van der Waals surface area contributed by atoms with Crippen molar-refractivity contribution in [3.63, 3.8) is 0 Å². The van der Waals surface area contributed by atoms with Gasteiger partial charge in [0.25, 0.3) is 0 Å². The molecule has 2 heterocycles. The molecule has 1 atom stereocenters. The smallest absolute Gasteiger partial charge is 0.220 e. The van der Waals surface area contributed by atoms with Crippen LogP contribution in [-0.4, -0.2) is 24.9 Å². The molecule has 2 aromatic rings. The lowest BCUT2D eigenvalue weighted by Gasteiger charge is -2.23. The Hall–Kier alpha value is -2.34. The first-order valence-electron chi connectivity index (χ1n) is 9.96. The molecule has 28 heavy (non-hydrogen) atoms. The SMILES string of the molecule is O=C(CCC(=O)c1ccc2c(c1)OCCO2)N[C@@H](c1cccs1)C1CCCC1. The fourth-order valence-corrected chi connectivity index (χ4v) is 4.88. The average Bonchev–Trinajstić information content (AvgIpc) is 3.44. The molecule has 0 unspecified atom stereocenters. The Morgan fingerprint density at radius 3 is 2.61 bits per heavy atom. The maximum absolute atomic E-state index is 12.6. The first-order valence-corrected chi connectivity index (χ1v) is 10.8. The second kappa shape index (κ2) is 8.78. The Kier molecular flexibility index (Phi) is 5.95. The third-order valence-corrected chi connectivity index (χ3v) is 6.44. The molecule has 0 spiro atoms. The Morgan fingerprint density at radius 2 is 1.86 bits per heavy atom. The number of rotatable bonds is 7. The zero-order chi connectivity index (χ0) is 19.3. The molecule has 4 rings (SSSR count). The molecule has 1 saturated carbocycles. The van der Waals surface area contributed by atoms with Gasteiger partial charge in [-0.3, -0.25) is 9.59 Å². The molecule has 1 aliphatic carbocycles. The lowest BCUT2D eigenvalue weighted by molar-refractivity contribution is -0.122. The predicted octanol–water partition coefficient (Wildman–Crippen LogP) is 4.53. The van der Waals surface area contributed by atoms with Crippen molar-refractivity contribution in [3.8, 4) is 11.5 Å². The summed E-state index contributed by atoms with van der Waals surface area (Å²) in [6.45, 7) is 1.01. The Morgan fingerprint density at radius 1 is 1.07 bits per heavy atom. The largest absolute Gasteiger partial charge is 0.486 e. The van der Waals surface area contributed by atoms with E-state index in [2.05, 4.69) is 16.8 Å². The van der Waals surface area contributed by atoms with Gasteiger partial charge >= 0.3 is 0 Å². The number of hydrogen-bond acceptors (Lipinski definition) is 5. The van der Waals surface area contributed by atoms with Gasteiger partial charge in [-0.25, -0.2) is 0 Å². The third-order valence-electron chi connectivity index (χ3n) is 5.48. The summed E-state index contributed by atoms with van der Waals surface area (Å²) in [5, 5.41) is 5.24. The van der Waals surface area contributed by atoms with Gasteiger partial charge in [-0.1, -0.05) is 18.9 Å². The molecule has 0 saturated heterocycles. The van der Waals surface area contributed by atoms with E-state index < -0.39 is 0 Å². The number of nitrogens with one attached hydrogen (secondary N) is 1. The second-order valence-corrected chi connectivity index (χ2v) is 8.37. The highest BCUT2D eigenvalue weighted by Gasteiger charge is 2.28. The maximum atomic E-state index is 12.6. The third kappa shape index (κ3) is 4.38. The minimum absolute atomic E-state index is 0.0549. The summed E-state index contributed by atoms with van der Waals surface area (Å²) in [5.74, 6) is 1.64. The molecule has 1 aliphatic heterocycles. The molecule has 2 aliphatic rings. The normalized spacial score (nSPS) is 17.3. The quantitative estimate of drug-likeness (QED) is 0.695. The van der Waals surface area contributed by atoms with E-state index in [-0.39, 0.29) is 30.6 Å². The molecule has 0 bridgehead atoms. The maximum Gasteiger partial charge on any atom is 0.220 e. The van der Waals surface area contributed by atoms with E-state index >= 15 is 0 Å². The van der Waals surface area contributed by atoms with E-state index in [9.17, 15) is 9.59 Å². The lowest BCUT2D eigenvalue weighted by atomic mass is 9.96. The van der Waals surface area contributed by atoms with Crippen LogP contribution in [0.1, 0.15) is 59.8 Å². The monoisotopic (exact) mass is 399 g/mol. The van der Waals surface area contributed by atoms with Crippen molar-refractivity contribution in [2.75, 3.05) is 13.2 Å². The number of carbonyl (C=O) groups excluding carboxylic acids is 2. The van der Waals surface area contributed by atoms with E-state index in [0.29, 0.717) is 36.2 Å². The second-order valence-electron chi connectivity index (χ2n) is 7.39. The standard InChI is InChI=1S/C22H25NO4S/c24-17(16-7-9-18-19(14-16)27-12-11-26-18)8-10-21(25)23-22(15-4-1-2-5-15)20-6-3-13-28-20/h3,6-7,9,13-15,22H,1-2,4-5,8,10-12H2,(H,23,25)/t22-/m1/s1. The zero-order valence-electron chi connectivity index (χ0n) is 15.8. The van der Waals surface area contributed by atoms with Gasteiger partial charge in [0.05, 0.1) is 6.04 Å². The molecule has 5 nitrogen and oxygen atoms in total.